The first-order chi connectivity index (χ1) is 5.07. The number of nitrogens with one attached hydrogen (secondary N) is 1. The van der Waals surface area contributed by atoms with Crippen LogP contribution in [0.1, 0.15) is 20.8 Å². The Hall–Kier alpha value is -0.710. The Kier molecular flexibility index (Phi) is 4.69. The van der Waals surface area contributed by atoms with E-state index in [4.69, 9.17) is 0 Å². The summed E-state index contributed by atoms with van der Waals surface area (Å²) in [5.41, 5.74) is 0. The molecular formula is C6H12N2O2S. The van der Waals surface area contributed by atoms with Crippen LogP contribution in [0.5, 0.6) is 0 Å². The zero-order valence-corrected chi connectivity index (χ0v) is 7.70. The van der Waals surface area contributed by atoms with Crippen molar-refractivity contribution in [2.75, 3.05) is 6.54 Å². The van der Waals surface area contributed by atoms with Gasteiger partial charge in [-0.2, -0.15) is 0 Å². The molecule has 0 radical (unpaired) electrons. The minimum Gasteiger partial charge on any atom is -0.282 e. The second-order valence-corrected chi connectivity index (χ2v) is 2.79. The highest BCUT2D eigenvalue weighted by Gasteiger charge is 2.06. The van der Waals surface area contributed by atoms with Crippen molar-refractivity contribution in [3.63, 3.8) is 0 Å². The SMILES string of the molecule is CCN(SNC(C)=O)C(C)=O. The fourth-order valence-corrected chi connectivity index (χ4v) is 0.967. The summed E-state index contributed by atoms with van der Waals surface area (Å²) in [6.07, 6.45) is 0. The molecule has 11 heavy (non-hydrogen) atoms. The van der Waals surface area contributed by atoms with Crippen LogP contribution in [0.3, 0.4) is 0 Å². The van der Waals surface area contributed by atoms with Gasteiger partial charge in [-0.3, -0.25) is 18.6 Å². The van der Waals surface area contributed by atoms with Crippen LogP contribution in [0, 0.1) is 0 Å². The van der Waals surface area contributed by atoms with E-state index in [-0.39, 0.29) is 11.8 Å². The van der Waals surface area contributed by atoms with Crippen LogP contribution in [0.15, 0.2) is 0 Å². The first-order valence-corrected chi connectivity index (χ1v) is 4.07. The molecule has 64 valence electrons. The zero-order chi connectivity index (χ0) is 8.85. The summed E-state index contributed by atoms with van der Waals surface area (Å²) in [6.45, 7) is 5.29. The Morgan fingerprint density at radius 2 is 2.00 bits per heavy atom. The molecule has 0 aromatic carbocycles. The van der Waals surface area contributed by atoms with Gasteiger partial charge in [0.15, 0.2) is 0 Å². The van der Waals surface area contributed by atoms with Gasteiger partial charge in [0.1, 0.15) is 0 Å². The van der Waals surface area contributed by atoms with E-state index in [0.717, 1.165) is 12.1 Å². The maximum absolute atomic E-state index is 10.7. The summed E-state index contributed by atoms with van der Waals surface area (Å²) in [4.78, 5) is 21.2. The standard InChI is InChI=1S/C6H12N2O2S/c1-4-8(6(3)10)11-7-5(2)9/h4H2,1-3H3,(H,7,9). The van der Waals surface area contributed by atoms with E-state index in [2.05, 4.69) is 4.72 Å². The van der Waals surface area contributed by atoms with Gasteiger partial charge in [-0.25, -0.2) is 0 Å². The molecule has 0 unspecified atom stereocenters. The van der Waals surface area contributed by atoms with Crippen molar-refractivity contribution in [1.29, 1.82) is 0 Å². The summed E-state index contributed by atoms with van der Waals surface area (Å²) in [5.74, 6) is -0.221. The van der Waals surface area contributed by atoms with Crippen LogP contribution in [0.25, 0.3) is 0 Å². The van der Waals surface area contributed by atoms with Gasteiger partial charge in [0, 0.05) is 20.4 Å². The van der Waals surface area contributed by atoms with Crippen LogP contribution in [0.2, 0.25) is 0 Å². The Morgan fingerprint density at radius 1 is 1.45 bits per heavy atom. The van der Waals surface area contributed by atoms with Gasteiger partial charge in [0.05, 0.1) is 12.1 Å². The van der Waals surface area contributed by atoms with Crippen molar-refractivity contribution in [2.45, 2.75) is 20.8 Å². The molecule has 0 aromatic heterocycles. The molecule has 0 aromatic rings. The summed E-state index contributed by atoms with van der Waals surface area (Å²) in [5, 5.41) is 0. The lowest BCUT2D eigenvalue weighted by atomic mass is 10.6. The molecule has 5 heteroatoms. The van der Waals surface area contributed by atoms with Crippen molar-refractivity contribution in [1.82, 2.24) is 9.03 Å². The van der Waals surface area contributed by atoms with Crippen molar-refractivity contribution >= 4 is 23.9 Å². The topological polar surface area (TPSA) is 49.4 Å². The quantitative estimate of drug-likeness (QED) is 0.639. The van der Waals surface area contributed by atoms with Gasteiger partial charge in [0.2, 0.25) is 11.8 Å². The summed E-state index contributed by atoms with van der Waals surface area (Å²) >= 11 is 1.02. The van der Waals surface area contributed by atoms with E-state index >= 15 is 0 Å². The van der Waals surface area contributed by atoms with Crippen LogP contribution >= 0.6 is 12.1 Å². The third kappa shape index (κ3) is 4.66. The number of hydrogen-bond acceptors (Lipinski definition) is 3. The van der Waals surface area contributed by atoms with E-state index in [1.165, 1.54) is 18.2 Å². The fraction of sp³-hybridized carbons (Fsp3) is 0.667. The summed E-state index contributed by atoms with van der Waals surface area (Å²) < 4.78 is 3.92. The van der Waals surface area contributed by atoms with Crippen molar-refractivity contribution < 1.29 is 9.59 Å². The van der Waals surface area contributed by atoms with Crippen LogP contribution in [0.4, 0.5) is 0 Å². The number of carbonyl (C=O) groups is 2. The highest BCUT2D eigenvalue weighted by Crippen LogP contribution is 2.03. The number of rotatable bonds is 3. The minimum atomic E-state index is -0.158. The van der Waals surface area contributed by atoms with Gasteiger partial charge >= 0.3 is 0 Å². The fourth-order valence-electron chi connectivity index (χ4n) is 0.471. The maximum Gasteiger partial charge on any atom is 0.230 e. The molecule has 4 nitrogen and oxygen atoms in total. The molecule has 0 aliphatic rings. The number of carbonyl (C=O) groups excluding carboxylic acids is 2. The second-order valence-electron chi connectivity index (χ2n) is 1.96. The normalized spacial score (nSPS) is 9.00. The van der Waals surface area contributed by atoms with E-state index in [0.29, 0.717) is 6.54 Å². The molecule has 0 heterocycles. The smallest absolute Gasteiger partial charge is 0.230 e. The molecule has 2 amide bonds. The molecule has 0 spiro atoms. The maximum atomic E-state index is 10.7. The third-order valence-electron chi connectivity index (χ3n) is 0.938. The van der Waals surface area contributed by atoms with E-state index < -0.39 is 0 Å². The molecule has 1 N–H and O–H groups in total. The molecule has 0 saturated heterocycles. The summed E-state index contributed by atoms with van der Waals surface area (Å²) in [6, 6.07) is 0. The lowest BCUT2D eigenvalue weighted by Crippen LogP contribution is -2.27. The van der Waals surface area contributed by atoms with Crippen molar-refractivity contribution in [2.24, 2.45) is 0 Å². The average Bonchev–Trinajstić information content (AvgIpc) is 1.87. The number of hydrogen-bond donors (Lipinski definition) is 1. The Labute approximate surface area is 70.6 Å². The molecule has 0 rings (SSSR count). The predicted octanol–water partition coefficient (Wildman–Crippen LogP) is 0.554. The summed E-state index contributed by atoms with van der Waals surface area (Å²) in [7, 11) is 0. The Balaban J connectivity index is 3.70. The Bertz CT molecular complexity index is 161. The highest BCUT2D eigenvalue weighted by molar-refractivity contribution is 7.96. The lowest BCUT2D eigenvalue weighted by molar-refractivity contribution is -0.123. The monoisotopic (exact) mass is 176 g/mol. The predicted molar refractivity (Wildman–Crippen MR) is 44.5 cm³/mol. The first kappa shape index (κ1) is 10.3. The van der Waals surface area contributed by atoms with Crippen molar-refractivity contribution in [3.8, 4) is 0 Å². The van der Waals surface area contributed by atoms with Crippen LogP contribution < -0.4 is 4.72 Å². The van der Waals surface area contributed by atoms with E-state index in [1.54, 1.807) is 0 Å². The van der Waals surface area contributed by atoms with Gasteiger partial charge in [-0.1, -0.05) is 0 Å². The third-order valence-corrected chi connectivity index (χ3v) is 2.05. The highest BCUT2D eigenvalue weighted by atomic mass is 32.2. The van der Waals surface area contributed by atoms with Gasteiger partial charge in [0.25, 0.3) is 0 Å². The molecule has 0 aliphatic heterocycles. The number of nitrogens with zero attached hydrogens (tertiary/aromatic N) is 1. The van der Waals surface area contributed by atoms with Gasteiger partial charge in [-0.15, -0.1) is 0 Å². The molecule has 0 bridgehead atoms. The molecule has 0 saturated carbocycles. The van der Waals surface area contributed by atoms with Crippen LogP contribution in [-0.4, -0.2) is 22.7 Å². The second kappa shape index (κ2) is 5.01. The lowest BCUT2D eigenvalue weighted by Gasteiger charge is -2.15. The molecule has 0 aliphatic carbocycles. The largest absolute Gasteiger partial charge is 0.282 e. The van der Waals surface area contributed by atoms with Crippen LogP contribution in [-0.2, 0) is 9.59 Å². The van der Waals surface area contributed by atoms with Gasteiger partial charge in [-0.05, 0) is 6.92 Å². The first-order valence-electron chi connectivity index (χ1n) is 3.29. The van der Waals surface area contributed by atoms with Gasteiger partial charge < -0.3 is 0 Å². The average molecular weight is 176 g/mol. The van der Waals surface area contributed by atoms with Crippen molar-refractivity contribution in [3.05, 3.63) is 0 Å². The minimum absolute atomic E-state index is 0.0637. The number of amides is 2. The van der Waals surface area contributed by atoms with E-state index in [9.17, 15) is 9.59 Å². The zero-order valence-electron chi connectivity index (χ0n) is 6.88. The Morgan fingerprint density at radius 3 is 2.27 bits per heavy atom. The molecule has 0 fully saturated rings. The molecule has 0 atom stereocenters. The van der Waals surface area contributed by atoms with E-state index in [1.807, 2.05) is 6.92 Å². The molecular weight excluding hydrogens is 164 g/mol.